The molecule has 0 aliphatic carbocycles. The molecule has 0 spiro atoms. The summed E-state index contributed by atoms with van der Waals surface area (Å²) in [5.41, 5.74) is 2.70. The van der Waals surface area contributed by atoms with Crippen molar-refractivity contribution in [2.75, 3.05) is 36.5 Å². The van der Waals surface area contributed by atoms with Gasteiger partial charge in [0.2, 0.25) is 0 Å². The number of anilines is 2. The van der Waals surface area contributed by atoms with Crippen LogP contribution in [0.3, 0.4) is 0 Å². The van der Waals surface area contributed by atoms with Crippen LogP contribution in [0.4, 0.5) is 11.4 Å². The van der Waals surface area contributed by atoms with E-state index in [-0.39, 0.29) is 6.61 Å². The van der Waals surface area contributed by atoms with Gasteiger partial charge < -0.3 is 15.3 Å². The molecule has 4 nitrogen and oxygen atoms in total. The highest BCUT2D eigenvalue weighted by Crippen LogP contribution is 2.29. The molecule has 1 aliphatic heterocycles. The first kappa shape index (κ1) is 9.81. The Labute approximate surface area is 88.7 Å². The van der Waals surface area contributed by atoms with Crippen LogP contribution in [0, 0.1) is 11.3 Å². The molecule has 1 aromatic rings. The number of hydrogen-bond donors (Lipinski definition) is 2. The molecule has 0 unspecified atom stereocenters. The lowest BCUT2D eigenvalue weighted by molar-refractivity contribution is 0.302. The van der Waals surface area contributed by atoms with Gasteiger partial charge in [0.05, 0.1) is 29.6 Å². The minimum absolute atomic E-state index is 0.135. The Morgan fingerprint density at radius 3 is 3.13 bits per heavy atom. The number of fused-ring (bicyclic) bond motifs is 1. The van der Waals surface area contributed by atoms with E-state index in [1.165, 1.54) is 0 Å². The first-order chi connectivity index (χ1) is 7.35. The fourth-order valence-electron chi connectivity index (χ4n) is 1.81. The molecule has 1 heterocycles. The van der Waals surface area contributed by atoms with E-state index in [1.54, 1.807) is 6.07 Å². The van der Waals surface area contributed by atoms with Crippen LogP contribution in [0.15, 0.2) is 18.2 Å². The highest BCUT2D eigenvalue weighted by atomic mass is 16.3. The molecule has 0 radical (unpaired) electrons. The van der Waals surface area contributed by atoms with E-state index >= 15 is 0 Å². The number of rotatable bonds is 2. The smallest absolute Gasteiger partial charge is 0.0992 e. The maximum absolute atomic E-state index is 8.94. The number of benzene rings is 1. The van der Waals surface area contributed by atoms with Crippen LogP contribution in [0.2, 0.25) is 0 Å². The van der Waals surface area contributed by atoms with Gasteiger partial charge in [0, 0.05) is 19.6 Å². The van der Waals surface area contributed by atoms with Gasteiger partial charge in [-0.1, -0.05) is 0 Å². The summed E-state index contributed by atoms with van der Waals surface area (Å²) < 4.78 is 0. The molecule has 0 saturated carbocycles. The topological polar surface area (TPSA) is 59.3 Å². The van der Waals surface area contributed by atoms with E-state index in [1.807, 2.05) is 12.1 Å². The number of nitrogens with one attached hydrogen (secondary N) is 1. The van der Waals surface area contributed by atoms with E-state index in [0.717, 1.165) is 24.5 Å². The number of nitriles is 1. The van der Waals surface area contributed by atoms with Crippen LogP contribution in [0.5, 0.6) is 0 Å². The maximum Gasteiger partial charge on any atom is 0.0992 e. The molecular formula is C11H13N3O. The molecule has 1 aromatic carbocycles. The van der Waals surface area contributed by atoms with Crippen molar-refractivity contribution in [2.24, 2.45) is 0 Å². The molecule has 0 atom stereocenters. The molecule has 0 bridgehead atoms. The zero-order valence-electron chi connectivity index (χ0n) is 8.40. The second-order valence-corrected chi connectivity index (χ2v) is 3.48. The van der Waals surface area contributed by atoms with Crippen LogP contribution in [0.25, 0.3) is 0 Å². The first-order valence-electron chi connectivity index (χ1n) is 4.99. The summed E-state index contributed by atoms with van der Waals surface area (Å²) >= 11 is 0. The minimum atomic E-state index is 0.135. The zero-order valence-corrected chi connectivity index (χ0v) is 8.40. The molecule has 1 aliphatic rings. The van der Waals surface area contributed by atoms with Gasteiger partial charge in [-0.15, -0.1) is 0 Å². The average molecular weight is 203 g/mol. The lowest BCUT2D eigenvalue weighted by Crippen LogP contribution is -2.35. The predicted octanol–water partition coefficient (Wildman–Crippen LogP) is 0.782. The van der Waals surface area contributed by atoms with Crippen molar-refractivity contribution in [3.05, 3.63) is 23.8 Å². The molecule has 4 heteroatoms. The van der Waals surface area contributed by atoms with Crippen molar-refractivity contribution < 1.29 is 5.11 Å². The molecule has 2 rings (SSSR count). The van der Waals surface area contributed by atoms with Crippen LogP contribution in [-0.2, 0) is 0 Å². The fourth-order valence-corrected chi connectivity index (χ4v) is 1.81. The Hall–Kier alpha value is -1.73. The summed E-state index contributed by atoms with van der Waals surface area (Å²) in [6.45, 7) is 2.49. The van der Waals surface area contributed by atoms with Crippen LogP contribution in [-0.4, -0.2) is 31.3 Å². The quantitative estimate of drug-likeness (QED) is 0.745. The summed E-state index contributed by atoms with van der Waals surface area (Å²) in [6.07, 6.45) is 0. The van der Waals surface area contributed by atoms with Crippen molar-refractivity contribution in [3.63, 3.8) is 0 Å². The lowest BCUT2D eigenvalue weighted by atomic mass is 10.1. The Bertz CT molecular complexity index is 397. The Morgan fingerprint density at radius 2 is 2.40 bits per heavy atom. The molecule has 0 amide bonds. The Kier molecular flexibility index (Phi) is 2.75. The summed E-state index contributed by atoms with van der Waals surface area (Å²) in [5.74, 6) is 0. The van der Waals surface area contributed by atoms with Crippen molar-refractivity contribution in [1.82, 2.24) is 0 Å². The van der Waals surface area contributed by atoms with Gasteiger partial charge in [0.15, 0.2) is 0 Å². The summed E-state index contributed by atoms with van der Waals surface area (Å²) in [6, 6.07) is 7.70. The maximum atomic E-state index is 8.94. The number of β-amino-alcohol motifs (C(OH)–C–C–N with tert-alkyl or cyclic N) is 1. The third-order valence-electron chi connectivity index (χ3n) is 2.53. The van der Waals surface area contributed by atoms with Crippen LogP contribution in [0.1, 0.15) is 5.56 Å². The summed E-state index contributed by atoms with van der Waals surface area (Å²) in [7, 11) is 0. The largest absolute Gasteiger partial charge is 0.395 e. The van der Waals surface area contributed by atoms with Gasteiger partial charge in [0.1, 0.15) is 0 Å². The van der Waals surface area contributed by atoms with E-state index in [0.29, 0.717) is 12.1 Å². The van der Waals surface area contributed by atoms with Crippen molar-refractivity contribution in [3.8, 4) is 6.07 Å². The molecule has 2 N–H and O–H groups in total. The summed E-state index contributed by atoms with van der Waals surface area (Å²) in [4.78, 5) is 2.09. The number of aliphatic hydroxyl groups is 1. The predicted molar refractivity (Wildman–Crippen MR) is 58.9 cm³/mol. The molecule has 0 saturated heterocycles. The number of aliphatic hydroxyl groups excluding tert-OH is 1. The van der Waals surface area contributed by atoms with Gasteiger partial charge in [0.25, 0.3) is 0 Å². The molecular weight excluding hydrogens is 190 g/mol. The summed E-state index contributed by atoms with van der Waals surface area (Å²) in [5, 5.41) is 21.0. The van der Waals surface area contributed by atoms with Crippen LogP contribution < -0.4 is 10.2 Å². The normalized spacial score (nSPS) is 14.0. The Morgan fingerprint density at radius 1 is 1.53 bits per heavy atom. The minimum Gasteiger partial charge on any atom is -0.395 e. The van der Waals surface area contributed by atoms with E-state index < -0.39 is 0 Å². The standard InChI is InChI=1S/C11H13N3O/c12-8-9-1-2-10-11(7-9)14(5-6-15)4-3-13-10/h1-2,7,13,15H,3-6H2. The highest BCUT2D eigenvalue weighted by molar-refractivity contribution is 5.73. The molecule has 78 valence electrons. The number of hydrogen-bond acceptors (Lipinski definition) is 4. The average Bonchev–Trinajstić information content (AvgIpc) is 2.29. The molecule has 0 aromatic heterocycles. The fraction of sp³-hybridized carbons (Fsp3) is 0.364. The van der Waals surface area contributed by atoms with Gasteiger partial charge in [-0.05, 0) is 18.2 Å². The SMILES string of the molecule is N#Cc1ccc2c(c1)N(CCO)CCN2. The third-order valence-corrected chi connectivity index (χ3v) is 2.53. The Balaban J connectivity index is 2.36. The second kappa shape index (κ2) is 4.20. The van der Waals surface area contributed by atoms with Crippen molar-refractivity contribution in [2.45, 2.75) is 0 Å². The zero-order chi connectivity index (χ0) is 10.7. The number of nitrogens with zero attached hydrogens (tertiary/aromatic N) is 2. The molecule has 15 heavy (non-hydrogen) atoms. The monoisotopic (exact) mass is 203 g/mol. The third kappa shape index (κ3) is 1.88. The van der Waals surface area contributed by atoms with E-state index in [4.69, 9.17) is 10.4 Å². The van der Waals surface area contributed by atoms with Gasteiger partial charge in [-0.2, -0.15) is 5.26 Å². The van der Waals surface area contributed by atoms with Gasteiger partial charge in [-0.25, -0.2) is 0 Å². The van der Waals surface area contributed by atoms with Crippen molar-refractivity contribution >= 4 is 11.4 Å². The van der Waals surface area contributed by atoms with Gasteiger partial charge in [-0.3, -0.25) is 0 Å². The molecule has 0 fully saturated rings. The first-order valence-corrected chi connectivity index (χ1v) is 4.99. The second-order valence-electron chi connectivity index (χ2n) is 3.48. The highest BCUT2D eigenvalue weighted by Gasteiger charge is 2.15. The van der Waals surface area contributed by atoms with Crippen molar-refractivity contribution in [1.29, 1.82) is 5.26 Å². The van der Waals surface area contributed by atoms with E-state index in [2.05, 4.69) is 16.3 Å². The van der Waals surface area contributed by atoms with Crippen LogP contribution >= 0.6 is 0 Å². The van der Waals surface area contributed by atoms with Gasteiger partial charge >= 0.3 is 0 Å². The van der Waals surface area contributed by atoms with E-state index in [9.17, 15) is 0 Å². The lowest BCUT2D eigenvalue weighted by Gasteiger charge is -2.31.